The number of fused-ring (bicyclic) bond motifs is 1. The summed E-state index contributed by atoms with van der Waals surface area (Å²) < 4.78 is 43.9. The molecule has 166 valence electrons. The molecule has 0 spiro atoms. The topological polar surface area (TPSA) is 114 Å². The Morgan fingerprint density at radius 3 is 2.48 bits per heavy atom. The molecule has 0 saturated heterocycles. The zero-order valence-electron chi connectivity index (χ0n) is 16.8. The van der Waals surface area contributed by atoms with Gasteiger partial charge in [-0.3, -0.25) is 14.7 Å². The second-order valence-corrected chi connectivity index (χ2v) is 7.03. The fraction of sp³-hybridized carbons (Fsp3) is 0.0476. The van der Waals surface area contributed by atoms with E-state index in [4.69, 9.17) is 0 Å². The van der Waals surface area contributed by atoms with Crippen molar-refractivity contribution in [3.8, 4) is 16.9 Å². The van der Waals surface area contributed by atoms with E-state index in [2.05, 4.69) is 35.9 Å². The van der Waals surface area contributed by atoms with Gasteiger partial charge < -0.3 is 0 Å². The molecule has 5 aromatic rings. The summed E-state index contributed by atoms with van der Waals surface area (Å²) in [4.78, 5) is 21.6. The lowest BCUT2D eigenvalue weighted by Gasteiger charge is -2.15. The highest BCUT2D eigenvalue weighted by Crippen LogP contribution is 2.31. The Bertz CT molecular complexity index is 1550. The third kappa shape index (κ3) is 3.56. The monoisotopic (exact) mass is 452 g/mol. The van der Waals surface area contributed by atoms with E-state index in [1.165, 1.54) is 30.3 Å². The van der Waals surface area contributed by atoms with Gasteiger partial charge in [0.1, 0.15) is 23.1 Å². The van der Waals surface area contributed by atoms with Crippen LogP contribution >= 0.6 is 0 Å². The number of aromatic amines is 1. The molecule has 0 aliphatic heterocycles. The molecule has 2 N–H and O–H groups in total. The number of tetrazole rings is 1. The second kappa shape index (κ2) is 7.82. The number of hydrogen-bond acceptors (Lipinski definition) is 7. The zero-order chi connectivity index (χ0) is 23.1. The van der Waals surface area contributed by atoms with Crippen molar-refractivity contribution >= 4 is 22.9 Å². The Kier molecular flexibility index (Phi) is 4.81. The summed E-state index contributed by atoms with van der Waals surface area (Å²) in [5.74, 6) is -2.38. The van der Waals surface area contributed by atoms with Gasteiger partial charge in [-0.2, -0.15) is 10.2 Å². The number of hydrogen-bond donors (Lipinski definition) is 2. The Balaban J connectivity index is 0.00000274. The molecule has 0 fully saturated rings. The van der Waals surface area contributed by atoms with E-state index < -0.39 is 28.7 Å². The molecule has 0 saturated carbocycles. The normalized spacial score (nSPS) is 11.2. The summed E-state index contributed by atoms with van der Waals surface area (Å²) in [6.45, 7) is 1.69. The minimum absolute atomic E-state index is 0. The number of para-hydroxylation sites is 1. The molecule has 5 rings (SSSR count). The maximum absolute atomic E-state index is 14.6. The van der Waals surface area contributed by atoms with Crippen LogP contribution in [0.2, 0.25) is 0 Å². The highest BCUT2D eigenvalue weighted by atomic mass is 19.1. The van der Waals surface area contributed by atoms with E-state index in [9.17, 15) is 18.0 Å². The van der Waals surface area contributed by atoms with Gasteiger partial charge in [0.2, 0.25) is 5.95 Å². The van der Waals surface area contributed by atoms with Gasteiger partial charge in [-0.05, 0) is 54.1 Å². The van der Waals surface area contributed by atoms with Crippen LogP contribution in [0.5, 0.6) is 0 Å². The van der Waals surface area contributed by atoms with Crippen LogP contribution in [0.4, 0.5) is 25.1 Å². The molecular weight excluding hydrogens is 437 g/mol. The maximum Gasteiger partial charge on any atom is 0.269 e. The number of halogens is 3. The van der Waals surface area contributed by atoms with E-state index in [-0.39, 0.29) is 19.0 Å². The Hall–Kier alpha value is -4.61. The molecule has 9 nitrogen and oxygen atoms in total. The van der Waals surface area contributed by atoms with Crippen molar-refractivity contribution < 1.29 is 14.6 Å². The van der Waals surface area contributed by atoms with Crippen LogP contribution in [0.3, 0.4) is 0 Å². The smallest absolute Gasteiger partial charge is 0.269 e. The minimum atomic E-state index is -0.949. The maximum atomic E-state index is 14.6. The van der Waals surface area contributed by atoms with E-state index in [0.29, 0.717) is 22.2 Å². The molecule has 0 aliphatic rings. The summed E-state index contributed by atoms with van der Waals surface area (Å²) in [7, 11) is 0. The van der Waals surface area contributed by atoms with Gasteiger partial charge in [-0.25, -0.2) is 18.2 Å². The molecular formula is C21H15F3N8O. The summed E-state index contributed by atoms with van der Waals surface area (Å²) in [6, 6.07) is 9.97. The van der Waals surface area contributed by atoms with Crippen LogP contribution in [0.1, 0.15) is 6.99 Å². The number of H-pyrrole nitrogens is 1. The van der Waals surface area contributed by atoms with Crippen molar-refractivity contribution in [1.29, 1.82) is 0 Å². The Morgan fingerprint density at radius 1 is 1.00 bits per heavy atom. The average Bonchev–Trinajstić information content (AvgIpc) is 3.28. The summed E-state index contributed by atoms with van der Waals surface area (Å²) in [6.07, 6.45) is 0. The van der Waals surface area contributed by atoms with Gasteiger partial charge in [0.15, 0.2) is 5.65 Å². The Morgan fingerprint density at radius 2 is 1.79 bits per heavy atom. The minimum Gasteiger partial charge on any atom is -0.290 e. The van der Waals surface area contributed by atoms with E-state index in [0.717, 1.165) is 22.8 Å². The van der Waals surface area contributed by atoms with Gasteiger partial charge in [-0.1, -0.05) is 11.2 Å². The molecule has 12 heteroatoms. The predicted octanol–water partition coefficient (Wildman–Crippen LogP) is 3.68. The second-order valence-electron chi connectivity index (χ2n) is 7.03. The van der Waals surface area contributed by atoms with Crippen LogP contribution < -0.4 is 10.9 Å². The number of rotatable bonds is 4. The first kappa shape index (κ1) is 20.3. The number of aryl methyl sites for hydroxylation is 1. The van der Waals surface area contributed by atoms with Crippen LogP contribution in [0.25, 0.3) is 28.0 Å². The van der Waals surface area contributed by atoms with Crippen molar-refractivity contribution in [2.24, 2.45) is 0 Å². The highest BCUT2D eigenvalue weighted by Gasteiger charge is 2.20. The van der Waals surface area contributed by atoms with E-state index in [1.54, 1.807) is 6.92 Å². The number of benzene rings is 2. The van der Waals surface area contributed by atoms with Crippen molar-refractivity contribution in [3.63, 3.8) is 0 Å². The van der Waals surface area contributed by atoms with Crippen LogP contribution in [-0.4, -0.2) is 35.2 Å². The third-order valence-corrected chi connectivity index (χ3v) is 4.92. The van der Waals surface area contributed by atoms with Crippen LogP contribution in [0.15, 0.2) is 53.3 Å². The molecule has 3 heterocycles. The Labute approximate surface area is 184 Å². The molecule has 2 aromatic carbocycles. The van der Waals surface area contributed by atoms with Gasteiger partial charge in [0.25, 0.3) is 11.5 Å². The fourth-order valence-corrected chi connectivity index (χ4v) is 3.50. The highest BCUT2D eigenvalue weighted by molar-refractivity contribution is 5.93. The molecule has 0 amide bonds. The predicted molar refractivity (Wildman–Crippen MR) is 115 cm³/mol. The third-order valence-electron chi connectivity index (χ3n) is 4.92. The molecule has 0 bridgehead atoms. The SMILES string of the molecule is Cc1cc(F)ccc1-c1nc(Nc2nn[nH]n2)nc2c1ccc(=O)n2-c1c(F)cccc1F.[HH]. The lowest BCUT2D eigenvalue weighted by atomic mass is 10.0. The number of pyridine rings is 1. The molecule has 33 heavy (non-hydrogen) atoms. The average molecular weight is 452 g/mol. The molecule has 0 atom stereocenters. The number of nitrogens with zero attached hydrogens (tertiary/aromatic N) is 6. The summed E-state index contributed by atoms with van der Waals surface area (Å²) in [5, 5.41) is 16.3. The molecule has 0 aliphatic carbocycles. The van der Waals surface area contributed by atoms with Gasteiger partial charge in [0, 0.05) is 18.4 Å². The lowest BCUT2D eigenvalue weighted by molar-refractivity contribution is 0.568. The molecule has 3 aromatic heterocycles. The van der Waals surface area contributed by atoms with Crippen LogP contribution in [-0.2, 0) is 0 Å². The van der Waals surface area contributed by atoms with E-state index in [1.807, 2.05) is 0 Å². The first-order valence-electron chi connectivity index (χ1n) is 9.57. The largest absolute Gasteiger partial charge is 0.290 e. The number of aromatic nitrogens is 7. The van der Waals surface area contributed by atoms with Crippen molar-refractivity contribution in [3.05, 3.63) is 81.9 Å². The van der Waals surface area contributed by atoms with Gasteiger partial charge >= 0.3 is 0 Å². The zero-order valence-corrected chi connectivity index (χ0v) is 16.8. The van der Waals surface area contributed by atoms with Crippen molar-refractivity contribution in [2.75, 3.05) is 5.32 Å². The number of anilines is 2. The quantitative estimate of drug-likeness (QED) is 0.428. The van der Waals surface area contributed by atoms with E-state index >= 15 is 0 Å². The standard InChI is InChI=1S/C21H13F3N8O.H2/c1-10-9-11(22)5-6-12(10)17-13-7-8-16(33)32(18-14(23)3-2-4-15(18)24)19(13)26-20(25-17)27-21-28-30-31-29-21;/h2-9H,1H3,(H2,25,26,27,28,29,30,31);1H. The van der Waals surface area contributed by atoms with Crippen LogP contribution in [0, 0.1) is 24.4 Å². The van der Waals surface area contributed by atoms with Gasteiger partial charge in [0.05, 0.1) is 5.69 Å². The summed E-state index contributed by atoms with van der Waals surface area (Å²) >= 11 is 0. The first-order valence-corrected chi connectivity index (χ1v) is 9.57. The van der Waals surface area contributed by atoms with Crippen molar-refractivity contribution in [2.45, 2.75) is 6.92 Å². The lowest BCUT2D eigenvalue weighted by Crippen LogP contribution is -2.21. The summed E-state index contributed by atoms with van der Waals surface area (Å²) in [5.41, 5.74) is 0.00582. The number of nitrogens with one attached hydrogen (secondary N) is 2. The molecule has 0 radical (unpaired) electrons. The fourth-order valence-electron chi connectivity index (χ4n) is 3.50. The van der Waals surface area contributed by atoms with Crippen molar-refractivity contribution in [1.82, 2.24) is 35.2 Å². The van der Waals surface area contributed by atoms with Gasteiger partial charge in [-0.15, -0.1) is 5.10 Å². The first-order chi connectivity index (χ1) is 15.9. The molecule has 0 unspecified atom stereocenters.